The summed E-state index contributed by atoms with van der Waals surface area (Å²) in [5.41, 5.74) is 1.33. The molecule has 0 aromatic heterocycles. The maximum absolute atomic E-state index is 12.6. The molecule has 0 saturated heterocycles. The maximum Gasteiger partial charge on any atom is 0.265 e. The topological polar surface area (TPSA) is 67.4 Å². The second-order valence-electron chi connectivity index (χ2n) is 6.24. The Morgan fingerprint density at radius 3 is 2.19 bits per heavy atom. The van der Waals surface area contributed by atoms with Crippen molar-refractivity contribution in [3.05, 3.63) is 66.7 Å². The van der Waals surface area contributed by atoms with Gasteiger partial charge in [-0.25, -0.2) is 0 Å². The summed E-state index contributed by atoms with van der Waals surface area (Å²) >= 11 is 0. The van der Waals surface area contributed by atoms with Gasteiger partial charge in [-0.2, -0.15) is 0 Å². The van der Waals surface area contributed by atoms with Crippen LogP contribution in [0.25, 0.3) is 10.8 Å². The average Bonchev–Trinajstić information content (AvgIpc) is 2.67. The van der Waals surface area contributed by atoms with Gasteiger partial charge in [-0.3, -0.25) is 9.59 Å². The molecule has 0 heterocycles. The Morgan fingerprint density at radius 2 is 1.52 bits per heavy atom. The van der Waals surface area contributed by atoms with Gasteiger partial charge >= 0.3 is 0 Å². The van der Waals surface area contributed by atoms with Crippen LogP contribution in [-0.2, 0) is 9.59 Å². The van der Waals surface area contributed by atoms with Gasteiger partial charge in [0.25, 0.3) is 5.91 Å². The first-order valence-corrected chi connectivity index (χ1v) is 8.89. The normalized spacial score (nSPS) is 11.6. The lowest BCUT2D eigenvalue weighted by molar-refractivity contribution is -0.122. The van der Waals surface area contributed by atoms with E-state index < -0.39 is 6.10 Å². The first-order valence-electron chi connectivity index (χ1n) is 8.89. The van der Waals surface area contributed by atoms with E-state index in [4.69, 9.17) is 4.74 Å². The van der Waals surface area contributed by atoms with Gasteiger partial charge in [0.05, 0.1) is 0 Å². The Bertz CT molecular complexity index is 946. The molecule has 0 aliphatic heterocycles. The van der Waals surface area contributed by atoms with Crippen LogP contribution < -0.4 is 15.4 Å². The zero-order chi connectivity index (χ0) is 19.2. The fourth-order valence-corrected chi connectivity index (χ4v) is 2.84. The van der Waals surface area contributed by atoms with Crippen molar-refractivity contribution in [2.75, 3.05) is 10.6 Å². The van der Waals surface area contributed by atoms with E-state index in [-0.39, 0.29) is 11.8 Å². The van der Waals surface area contributed by atoms with Gasteiger partial charge in [-0.15, -0.1) is 0 Å². The highest BCUT2D eigenvalue weighted by molar-refractivity contribution is 5.95. The zero-order valence-electron chi connectivity index (χ0n) is 15.4. The van der Waals surface area contributed by atoms with E-state index in [1.54, 1.807) is 24.3 Å². The number of fused-ring (bicyclic) bond motifs is 1. The van der Waals surface area contributed by atoms with Crippen molar-refractivity contribution in [3.63, 3.8) is 0 Å². The molecule has 27 heavy (non-hydrogen) atoms. The molecule has 2 amide bonds. The monoisotopic (exact) mass is 362 g/mol. The average molecular weight is 362 g/mol. The second kappa shape index (κ2) is 8.36. The number of hydrogen-bond acceptors (Lipinski definition) is 3. The molecule has 1 atom stereocenters. The number of carbonyl (C=O) groups is 2. The van der Waals surface area contributed by atoms with Crippen molar-refractivity contribution < 1.29 is 14.3 Å². The molecule has 0 bridgehead atoms. The molecule has 0 saturated carbocycles. The number of benzene rings is 3. The third kappa shape index (κ3) is 4.64. The molecule has 0 aliphatic carbocycles. The van der Waals surface area contributed by atoms with Gasteiger partial charge < -0.3 is 15.4 Å². The molecule has 0 unspecified atom stereocenters. The Balaban J connectivity index is 1.71. The number of rotatable bonds is 6. The quantitative estimate of drug-likeness (QED) is 0.674. The van der Waals surface area contributed by atoms with Crippen molar-refractivity contribution in [1.29, 1.82) is 0 Å². The van der Waals surface area contributed by atoms with Crippen LogP contribution in [0.3, 0.4) is 0 Å². The number of amides is 2. The third-order valence-electron chi connectivity index (χ3n) is 4.15. The van der Waals surface area contributed by atoms with Crippen LogP contribution >= 0.6 is 0 Å². The number of anilines is 2. The minimum atomic E-state index is -0.606. The van der Waals surface area contributed by atoms with Crippen molar-refractivity contribution in [1.82, 2.24) is 0 Å². The summed E-state index contributed by atoms with van der Waals surface area (Å²) in [6.07, 6.45) is -0.0650. The molecule has 0 radical (unpaired) electrons. The van der Waals surface area contributed by atoms with Gasteiger partial charge in [0.1, 0.15) is 5.75 Å². The molecule has 3 rings (SSSR count). The highest BCUT2D eigenvalue weighted by Gasteiger charge is 2.19. The van der Waals surface area contributed by atoms with E-state index >= 15 is 0 Å². The summed E-state index contributed by atoms with van der Waals surface area (Å²) in [6, 6.07) is 20.7. The van der Waals surface area contributed by atoms with Crippen molar-refractivity contribution in [2.45, 2.75) is 26.4 Å². The summed E-state index contributed by atoms with van der Waals surface area (Å²) < 4.78 is 6.02. The van der Waals surface area contributed by atoms with E-state index in [9.17, 15) is 9.59 Å². The molecule has 138 valence electrons. The van der Waals surface area contributed by atoms with Crippen molar-refractivity contribution in [2.24, 2.45) is 0 Å². The molecule has 5 heteroatoms. The fraction of sp³-hybridized carbons (Fsp3) is 0.182. The number of nitrogens with one attached hydrogen (secondary N) is 2. The summed E-state index contributed by atoms with van der Waals surface area (Å²) in [7, 11) is 0. The molecular weight excluding hydrogens is 340 g/mol. The van der Waals surface area contributed by atoms with Gasteiger partial charge in [0.2, 0.25) is 5.91 Å². The zero-order valence-corrected chi connectivity index (χ0v) is 15.4. The minimum absolute atomic E-state index is 0.138. The van der Waals surface area contributed by atoms with Crippen LogP contribution in [-0.4, -0.2) is 17.9 Å². The Kier molecular flexibility index (Phi) is 5.71. The lowest BCUT2D eigenvalue weighted by Crippen LogP contribution is -2.32. The van der Waals surface area contributed by atoms with Crippen molar-refractivity contribution >= 4 is 34.0 Å². The first kappa shape index (κ1) is 18.5. The lowest BCUT2D eigenvalue weighted by Gasteiger charge is -2.18. The predicted octanol–water partition coefficient (Wildman–Crippen LogP) is 4.59. The number of carbonyl (C=O) groups excluding carboxylic acids is 2. The minimum Gasteiger partial charge on any atom is -0.480 e. The SMILES string of the molecule is CC[C@@H](Oc1cccc2ccccc12)C(=O)Nc1ccc(NC(C)=O)cc1. The molecule has 0 fully saturated rings. The smallest absolute Gasteiger partial charge is 0.265 e. The first-order chi connectivity index (χ1) is 13.1. The lowest BCUT2D eigenvalue weighted by atomic mass is 10.1. The summed E-state index contributed by atoms with van der Waals surface area (Å²) in [4.78, 5) is 23.7. The number of ether oxygens (including phenoxy) is 1. The second-order valence-corrected chi connectivity index (χ2v) is 6.24. The van der Waals surface area contributed by atoms with E-state index in [1.807, 2.05) is 49.4 Å². The molecule has 3 aromatic rings. The van der Waals surface area contributed by atoms with Crippen LogP contribution in [0.5, 0.6) is 5.75 Å². The van der Waals surface area contributed by atoms with Gasteiger partial charge in [0, 0.05) is 23.7 Å². The highest BCUT2D eigenvalue weighted by atomic mass is 16.5. The molecule has 0 aliphatic rings. The van der Waals surface area contributed by atoms with E-state index in [1.165, 1.54) is 6.92 Å². The van der Waals surface area contributed by atoms with E-state index in [0.717, 1.165) is 10.8 Å². The molecule has 5 nitrogen and oxygen atoms in total. The summed E-state index contributed by atoms with van der Waals surface area (Å²) in [6.45, 7) is 3.36. The fourth-order valence-electron chi connectivity index (χ4n) is 2.84. The Labute approximate surface area is 158 Å². The Hall–Kier alpha value is -3.34. The molecule has 0 spiro atoms. The van der Waals surface area contributed by atoms with Gasteiger partial charge in [0.15, 0.2) is 6.10 Å². The summed E-state index contributed by atoms with van der Waals surface area (Å²) in [5.74, 6) is 0.343. The predicted molar refractivity (Wildman–Crippen MR) is 108 cm³/mol. The van der Waals surface area contributed by atoms with Crippen LogP contribution in [0.1, 0.15) is 20.3 Å². The molecule has 3 aromatic carbocycles. The van der Waals surface area contributed by atoms with E-state index in [2.05, 4.69) is 10.6 Å². The largest absolute Gasteiger partial charge is 0.480 e. The third-order valence-corrected chi connectivity index (χ3v) is 4.15. The molecule has 2 N–H and O–H groups in total. The highest BCUT2D eigenvalue weighted by Crippen LogP contribution is 2.27. The van der Waals surface area contributed by atoms with Gasteiger partial charge in [-0.1, -0.05) is 43.3 Å². The van der Waals surface area contributed by atoms with E-state index in [0.29, 0.717) is 23.5 Å². The standard InChI is InChI=1S/C22H22N2O3/c1-3-20(27-21-10-6-8-16-7-4-5-9-19(16)21)22(26)24-18-13-11-17(12-14-18)23-15(2)25/h4-14,20H,3H2,1-2H3,(H,23,25)(H,24,26)/t20-/m1/s1. The number of hydrogen-bond donors (Lipinski definition) is 2. The molecular formula is C22H22N2O3. The van der Waals surface area contributed by atoms with Gasteiger partial charge in [-0.05, 0) is 42.1 Å². The van der Waals surface area contributed by atoms with Crippen molar-refractivity contribution in [3.8, 4) is 5.75 Å². The van der Waals surface area contributed by atoms with Crippen LogP contribution in [0.15, 0.2) is 66.7 Å². The van der Waals surface area contributed by atoms with Crippen LogP contribution in [0.2, 0.25) is 0 Å². The van der Waals surface area contributed by atoms with Crippen LogP contribution in [0.4, 0.5) is 11.4 Å². The summed E-state index contributed by atoms with van der Waals surface area (Å²) in [5, 5.41) is 7.60. The van der Waals surface area contributed by atoms with Crippen LogP contribution in [0, 0.1) is 0 Å². The Morgan fingerprint density at radius 1 is 0.889 bits per heavy atom. The maximum atomic E-state index is 12.6.